The zero-order chi connectivity index (χ0) is 18.3. The molecular weight excluding hydrogens is 302 g/mol. The maximum Gasteiger partial charge on any atom is -0.00773 e. The SMILES string of the molecule is CCCCCCCCCCCCCCCC/C=C/CCCCCCN. The summed E-state index contributed by atoms with van der Waals surface area (Å²) in [4.78, 5) is 0. The van der Waals surface area contributed by atoms with Crippen LogP contribution in [0.1, 0.15) is 135 Å². The van der Waals surface area contributed by atoms with E-state index in [4.69, 9.17) is 5.73 Å². The molecule has 0 saturated carbocycles. The van der Waals surface area contributed by atoms with Gasteiger partial charge in [-0.15, -0.1) is 0 Å². The maximum atomic E-state index is 5.50. The third-order valence-corrected chi connectivity index (χ3v) is 5.22. The fourth-order valence-corrected chi connectivity index (χ4v) is 3.45. The first kappa shape index (κ1) is 24.7. The van der Waals surface area contributed by atoms with Crippen molar-refractivity contribution in [2.24, 2.45) is 5.73 Å². The van der Waals surface area contributed by atoms with Gasteiger partial charge in [0.1, 0.15) is 0 Å². The Morgan fingerprint density at radius 3 is 1.12 bits per heavy atom. The molecule has 0 fully saturated rings. The minimum absolute atomic E-state index is 0.856. The Labute approximate surface area is 160 Å². The quantitative estimate of drug-likeness (QED) is 0.163. The molecule has 0 unspecified atom stereocenters. The Balaban J connectivity index is 3.02. The van der Waals surface area contributed by atoms with Gasteiger partial charge in [-0.2, -0.15) is 0 Å². The molecule has 0 aliphatic rings. The molecule has 0 amide bonds. The van der Waals surface area contributed by atoms with E-state index in [-0.39, 0.29) is 0 Å². The third kappa shape index (κ3) is 23.7. The van der Waals surface area contributed by atoms with Crippen molar-refractivity contribution < 1.29 is 0 Å². The first-order chi connectivity index (χ1) is 12.4. The Morgan fingerprint density at radius 1 is 0.440 bits per heavy atom. The lowest BCUT2D eigenvalue weighted by Gasteiger charge is -2.02. The highest BCUT2D eigenvalue weighted by molar-refractivity contribution is 4.81. The van der Waals surface area contributed by atoms with Crippen LogP contribution in [0.5, 0.6) is 0 Å². The molecule has 0 heterocycles. The van der Waals surface area contributed by atoms with Gasteiger partial charge in [0.15, 0.2) is 0 Å². The molecule has 0 rings (SSSR count). The summed E-state index contributed by atoms with van der Waals surface area (Å²) in [7, 11) is 0. The standard InChI is InChI=1S/C24H49N/c1-2-3-4-5-6-7-8-9-10-11-12-13-14-15-16-17-18-19-20-21-22-23-24-25/h17-18H,2-16,19-25H2,1H3/b18-17+. The summed E-state index contributed by atoms with van der Waals surface area (Å²) in [5.41, 5.74) is 5.50. The highest BCUT2D eigenvalue weighted by Crippen LogP contribution is 2.13. The van der Waals surface area contributed by atoms with E-state index in [1.54, 1.807) is 0 Å². The van der Waals surface area contributed by atoms with Gasteiger partial charge in [-0.25, -0.2) is 0 Å². The lowest BCUT2D eigenvalue weighted by atomic mass is 10.0. The average Bonchev–Trinajstić information content (AvgIpc) is 2.63. The smallest absolute Gasteiger partial charge is 0.00773 e. The van der Waals surface area contributed by atoms with Gasteiger partial charge in [0.05, 0.1) is 0 Å². The van der Waals surface area contributed by atoms with Gasteiger partial charge < -0.3 is 5.73 Å². The molecule has 1 nitrogen and oxygen atoms in total. The number of allylic oxidation sites excluding steroid dienone is 2. The molecule has 0 bridgehead atoms. The molecule has 25 heavy (non-hydrogen) atoms. The Kier molecular flexibility index (Phi) is 23.4. The molecular formula is C24H49N. The van der Waals surface area contributed by atoms with Crippen molar-refractivity contribution in [3.63, 3.8) is 0 Å². The summed E-state index contributed by atoms with van der Waals surface area (Å²) in [5.74, 6) is 0. The molecule has 0 aromatic rings. The number of unbranched alkanes of at least 4 members (excludes halogenated alkanes) is 18. The lowest BCUT2D eigenvalue weighted by Crippen LogP contribution is -1.97. The Morgan fingerprint density at radius 2 is 0.760 bits per heavy atom. The Hall–Kier alpha value is -0.300. The fourth-order valence-electron chi connectivity index (χ4n) is 3.45. The van der Waals surface area contributed by atoms with E-state index < -0.39 is 0 Å². The van der Waals surface area contributed by atoms with Crippen LogP contribution in [-0.4, -0.2) is 6.54 Å². The van der Waals surface area contributed by atoms with Gasteiger partial charge in [0, 0.05) is 0 Å². The van der Waals surface area contributed by atoms with Crippen molar-refractivity contribution in [2.45, 2.75) is 135 Å². The van der Waals surface area contributed by atoms with Crippen LogP contribution < -0.4 is 5.73 Å². The van der Waals surface area contributed by atoms with E-state index >= 15 is 0 Å². The van der Waals surface area contributed by atoms with Gasteiger partial charge in [-0.1, -0.05) is 115 Å². The van der Waals surface area contributed by atoms with Crippen LogP contribution in [-0.2, 0) is 0 Å². The molecule has 0 radical (unpaired) electrons. The number of rotatable bonds is 21. The maximum absolute atomic E-state index is 5.50. The van der Waals surface area contributed by atoms with Gasteiger partial charge in [-0.05, 0) is 38.6 Å². The lowest BCUT2D eigenvalue weighted by molar-refractivity contribution is 0.536. The van der Waals surface area contributed by atoms with E-state index in [0.717, 1.165) is 6.54 Å². The van der Waals surface area contributed by atoms with Crippen LogP contribution in [0.15, 0.2) is 12.2 Å². The highest BCUT2D eigenvalue weighted by Gasteiger charge is 1.93. The summed E-state index contributed by atoms with van der Waals surface area (Å²) >= 11 is 0. The average molecular weight is 352 g/mol. The zero-order valence-electron chi connectivity index (χ0n) is 17.6. The summed E-state index contributed by atoms with van der Waals surface area (Å²) < 4.78 is 0. The summed E-state index contributed by atoms with van der Waals surface area (Å²) in [5, 5.41) is 0. The molecule has 1 heteroatoms. The summed E-state index contributed by atoms with van der Waals surface area (Å²) in [6, 6.07) is 0. The van der Waals surface area contributed by atoms with Crippen molar-refractivity contribution >= 4 is 0 Å². The highest BCUT2D eigenvalue weighted by atomic mass is 14.5. The fraction of sp³-hybridized carbons (Fsp3) is 0.917. The van der Waals surface area contributed by atoms with E-state index in [1.807, 2.05) is 0 Å². The molecule has 0 aromatic carbocycles. The van der Waals surface area contributed by atoms with E-state index in [9.17, 15) is 0 Å². The van der Waals surface area contributed by atoms with Crippen LogP contribution in [0, 0.1) is 0 Å². The van der Waals surface area contributed by atoms with Crippen molar-refractivity contribution in [3.05, 3.63) is 12.2 Å². The van der Waals surface area contributed by atoms with Gasteiger partial charge >= 0.3 is 0 Å². The largest absolute Gasteiger partial charge is 0.330 e. The first-order valence-electron chi connectivity index (χ1n) is 11.8. The molecule has 0 saturated heterocycles. The second-order valence-corrected chi connectivity index (χ2v) is 7.85. The molecule has 0 spiro atoms. The summed E-state index contributed by atoms with van der Waals surface area (Å²) in [6.45, 7) is 3.15. The van der Waals surface area contributed by atoms with Crippen LogP contribution in [0.4, 0.5) is 0 Å². The molecule has 0 aromatic heterocycles. The van der Waals surface area contributed by atoms with Crippen molar-refractivity contribution in [1.29, 1.82) is 0 Å². The monoisotopic (exact) mass is 351 g/mol. The topological polar surface area (TPSA) is 26.0 Å². The van der Waals surface area contributed by atoms with Gasteiger partial charge in [-0.3, -0.25) is 0 Å². The minimum atomic E-state index is 0.856. The predicted molar refractivity (Wildman–Crippen MR) is 116 cm³/mol. The van der Waals surface area contributed by atoms with Crippen LogP contribution >= 0.6 is 0 Å². The van der Waals surface area contributed by atoms with E-state index in [0.29, 0.717) is 0 Å². The van der Waals surface area contributed by atoms with Crippen LogP contribution in [0.25, 0.3) is 0 Å². The number of hydrogen-bond acceptors (Lipinski definition) is 1. The van der Waals surface area contributed by atoms with Crippen molar-refractivity contribution in [1.82, 2.24) is 0 Å². The molecule has 0 aliphatic heterocycles. The van der Waals surface area contributed by atoms with Crippen molar-refractivity contribution in [2.75, 3.05) is 6.54 Å². The predicted octanol–water partition coefficient (Wildman–Crippen LogP) is 8.32. The van der Waals surface area contributed by atoms with Gasteiger partial charge in [0.25, 0.3) is 0 Å². The van der Waals surface area contributed by atoms with E-state index in [1.165, 1.54) is 128 Å². The van der Waals surface area contributed by atoms with Gasteiger partial charge in [0.2, 0.25) is 0 Å². The van der Waals surface area contributed by atoms with Crippen molar-refractivity contribution in [3.8, 4) is 0 Å². The number of nitrogens with two attached hydrogens (primary N) is 1. The van der Waals surface area contributed by atoms with E-state index in [2.05, 4.69) is 19.1 Å². The second-order valence-electron chi connectivity index (χ2n) is 7.85. The minimum Gasteiger partial charge on any atom is -0.330 e. The van der Waals surface area contributed by atoms with Crippen LogP contribution in [0.3, 0.4) is 0 Å². The zero-order valence-corrected chi connectivity index (χ0v) is 17.6. The normalized spacial score (nSPS) is 11.6. The second kappa shape index (κ2) is 23.7. The number of hydrogen-bond donors (Lipinski definition) is 1. The molecule has 150 valence electrons. The third-order valence-electron chi connectivity index (χ3n) is 5.22. The molecule has 0 aliphatic carbocycles. The summed E-state index contributed by atoms with van der Waals surface area (Å²) in [6.07, 6.45) is 32.8. The Bertz CT molecular complexity index is 246. The first-order valence-corrected chi connectivity index (χ1v) is 11.8. The molecule has 2 N–H and O–H groups in total. The molecule has 0 atom stereocenters. The van der Waals surface area contributed by atoms with Crippen LogP contribution in [0.2, 0.25) is 0 Å².